The molecule has 4 heterocycles. The van der Waals surface area contributed by atoms with Crippen LogP contribution < -0.4 is 10.2 Å². The van der Waals surface area contributed by atoms with Crippen LogP contribution in [-0.2, 0) is 4.74 Å². The number of hydrogen-bond donors (Lipinski definition) is 2. The topological polar surface area (TPSA) is 66.1 Å². The molecule has 22 heavy (non-hydrogen) atoms. The quantitative estimate of drug-likeness (QED) is 0.903. The molecule has 0 aliphatic carbocycles. The third-order valence-corrected chi connectivity index (χ3v) is 4.82. The first kappa shape index (κ1) is 14.0. The SMILES string of the molecule is c1nc(N2CCC(NC3CCOCC3)CC2)c2cc[nH]c2n1. The van der Waals surface area contributed by atoms with E-state index in [9.17, 15) is 0 Å². The normalized spacial score (nSPS) is 21.5. The Morgan fingerprint density at radius 1 is 1.09 bits per heavy atom. The summed E-state index contributed by atoms with van der Waals surface area (Å²) in [5, 5.41) is 4.94. The number of nitrogens with zero attached hydrogens (tertiary/aromatic N) is 3. The van der Waals surface area contributed by atoms with Gasteiger partial charge in [-0.2, -0.15) is 0 Å². The molecular weight excluding hydrogens is 278 g/mol. The molecule has 6 nitrogen and oxygen atoms in total. The monoisotopic (exact) mass is 301 g/mol. The Hall–Kier alpha value is -1.66. The van der Waals surface area contributed by atoms with Crippen LogP contribution in [0.15, 0.2) is 18.6 Å². The van der Waals surface area contributed by atoms with Crippen LogP contribution in [0, 0.1) is 0 Å². The summed E-state index contributed by atoms with van der Waals surface area (Å²) < 4.78 is 5.43. The summed E-state index contributed by atoms with van der Waals surface area (Å²) in [5.41, 5.74) is 0.924. The Balaban J connectivity index is 1.38. The number of aromatic nitrogens is 3. The molecule has 2 N–H and O–H groups in total. The molecule has 0 amide bonds. The Kier molecular flexibility index (Phi) is 3.95. The van der Waals surface area contributed by atoms with Gasteiger partial charge in [0, 0.05) is 44.6 Å². The van der Waals surface area contributed by atoms with Gasteiger partial charge in [0.1, 0.15) is 17.8 Å². The van der Waals surface area contributed by atoms with Gasteiger partial charge in [-0.15, -0.1) is 0 Å². The Bertz CT molecular complexity index is 614. The third-order valence-electron chi connectivity index (χ3n) is 4.82. The summed E-state index contributed by atoms with van der Waals surface area (Å²) in [6, 6.07) is 3.33. The summed E-state index contributed by atoms with van der Waals surface area (Å²) in [4.78, 5) is 14.3. The average Bonchev–Trinajstić information content (AvgIpc) is 3.05. The first-order valence-electron chi connectivity index (χ1n) is 8.27. The van der Waals surface area contributed by atoms with Crippen molar-refractivity contribution in [3.8, 4) is 0 Å². The van der Waals surface area contributed by atoms with Crippen molar-refractivity contribution in [2.75, 3.05) is 31.2 Å². The molecule has 0 aromatic carbocycles. The zero-order valence-corrected chi connectivity index (χ0v) is 12.8. The van der Waals surface area contributed by atoms with Gasteiger partial charge >= 0.3 is 0 Å². The van der Waals surface area contributed by atoms with Crippen LogP contribution in [0.2, 0.25) is 0 Å². The number of ether oxygens (including phenoxy) is 1. The van der Waals surface area contributed by atoms with Crippen molar-refractivity contribution in [2.24, 2.45) is 0 Å². The number of rotatable bonds is 3. The average molecular weight is 301 g/mol. The van der Waals surface area contributed by atoms with E-state index in [4.69, 9.17) is 4.74 Å². The molecule has 2 aliphatic heterocycles. The zero-order valence-electron chi connectivity index (χ0n) is 12.8. The van der Waals surface area contributed by atoms with Gasteiger partial charge in [0.25, 0.3) is 0 Å². The van der Waals surface area contributed by atoms with E-state index in [1.54, 1.807) is 6.33 Å². The highest BCUT2D eigenvalue weighted by molar-refractivity contribution is 5.87. The molecule has 118 valence electrons. The lowest BCUT2D eigenvalue weighted by Crippen LogP contribution is -2.47. The molecular formula is C16H23N5O. The minimum Gasteiger partial charge on any atom is -0.381 e. The summed E-state index contributed by atoms with van der Waals surface area (Å²) in [7, 11) is 0. The van der Waals surface area contributed by atoms with Gasteiger partial charge in [-0.3, -0.25) is 0 Å². The highest BCUT2D eigenvalue weighted by Crippen LogP contribution is 2.25. The van der Waals surface area contributed by atoms with E-state index in [2.05, 4.69) is 31.2 Å². The van der Waals surface area contributed by atoms with Crippen molar-refractivity contribution < 1.29 is 4.74 Å². The van der Waals surface area contributed by atoms with Gasteiger partial charge in [0.2, 0.25) is 0 Å². The summed E-state index contributed by atoms with van der Waals surface area (Å²) in [6.07, 6.45) is 8.23. The van der Waals surface area contributed by atoms with E-state index in [1.807, 2.05) is 6.20 Å². The molecule has 0 saturated carbocycles. The maximum atomic E-state index is 5.43. The van der Waals surface area contributed by atoms with Crippen molar-refractivity contribution in [3.63, 3.8) is 0 Å². The number of piperidine rings is 1. The van der Waals surface area contributed by atoms with Crippen molar-refractivity contribution in [2.45, 2.75) is 37.8 Å². The van der Waals surface area contributed by atoms with Crippen molar-refractivity contribution in [3.05, 3.63) is 18.6 Å². The molecule has 2 aliphatic rings. The van der Waals surface area contributed by atoms with E-state index >= 15 is 0 Å². The molecule has 2 aromatic rings. The van der Waals surface area contributed by atoms with Crippen molar-refractivity contribution in [1.29, 1.82) is 0 Å². The second kappa shape index (κ2) is 6.22. The van der Waals surface area contributed by atoms with Crippen LogP contribution in [0.1, 0.15) is 25.7 Å². The minimum absolute atomic E-state index is 0.628. The van der Waals surface area contributed by atoms with Gasteiger partial charge in [-0.25, -0.2) is 9.97 Å². The number of fused-ring (bicyclic) bond motifs is 1. The van der Waals surface area contributed by atoms with E-state index < -0.39 is 0 Å². The van der Waals surface area contributed by atoms with Gasteiger partial charge in [0.05, 0.1) is 5.39 Å². The first-order chi connectivity index (χ1) is 10.9. The number of nitrogens with one attached hydrogen (secondary N) is 2. The lowest BCUT2D eigenvalue weighted by Gasteiger charge is -2.36. The predicted octanol–water partition coefficient (Wildman–Crippen LogP) is 1.70. The predicted molar refractivity (Wildman–Crippen MR) is 86.1 cm³/mol. The molecule has 0 spiro atoms. The summed E-state index contributed by atoms with van der Waals surface area (Å²) in [5.74, 6) is 1.07. The van der Waals surface area contributed by atoms with Crippen molar-refractivity contribution in [1.82, 2.24) is 20.3 Å². The molecule has 0 bridgehead atoms. The fourth-order valence-electron chi connectivity index (χ4n) is 3.57. The highest BCUT2D eigenvalue weighted by atomic mass is 16.5. The number of anilines is 1. The number of hydrogen-bond acceptors (Lipinski definition) is 5. The maximum Gasteiger partial charge on any atom is 0.142 e. The number of aromatic amines is 1. The molecule has 0 radical (unpaired) electrons. The highest BCUT2D eigenvalue weighted by Gasteiger charge is 2.24. The second-order valence-electron chi connectivity index (χ2n) is 6.25. The maximum absolute atomic E-state index is 5.43. The second-order valence-corrected chi connectivity index (χ2v) is 6.25. The molecule has 2 saturated heterocycles. The fraction of sp³-hybridized carbons (Fsp3) is 0.625. The Labute approximate surface area is 130 Å². The Morgan fingerprint density at radius 2 is 1.86 bits per heavy atom. The third kappa shape index (κ3) is 2.80. The fourth-order valence-corrected chi connectivity index (χ4v) is 3.57. The van der Waals surface area contributed by atoms with Gasteiger partial charge in [-0.1, -0.05) is 0 Å². The van der Waals surface area contributed by atoms with Gasteiger partial charge < -0.3 is 19.9 Å². The van der Waals surface area contributed by atoms with Gasteiger partial charge in [0.15, 0.2) is 0 Å². The van der Waals surface area contributed by atoms with Crippen LogP contribution in [0.3, 0.4) is 0 Å². The molecule has 4 rings (SSSR count). The van der Waals surface area contributed by atoms with Crippen LogP contribution in [-0.4, -0.2) is 53.3 Å². The summed E-state index contributed by atoms with van der Waals surface area (Å²) in [6.45, 7) is 3.92. The van der Waals surface area contributed by atoms with E-state index in [1.165, 1.54) is 12.8 Å². The van der Waals surface area contributed by atoms with Crippen LogP contribution >= 0.6 is 0 Å². The Morgan fingerprint density at radius 3 is 2.68 bits per heavy atom. The summed E-state index contributed by atoms with van der Waals surface area (Å²) >= 11 is 0. The molecule has 6 heteroatoms. The van der Waals surface area contributed by atoms with Crippen molar-refractivity contribution >= 4 is 16.9 Å². The minimum atomic E-state index is 0.628. The first-order valence-corrected chi connectivity index (χ1v) is 8.27. The molecule has 2 fully saturated rings. The lowest BCUT2D eigenvalue weighted by atomic mass is 10.0. The van der Waals surface area contributed by atoms with Crippen LogP contribution in [0.4, 0.5) is 5.82 Å². The standard InChI is InChI=1S/C16H23N5O/c1-6-17-15-14(1)16(19-11-18-15)21-7-2-12(3-8-21)20-13-4-9-22-10-5-13/h1,6,11-13,20H,2-5,7-10H2,(H,17,18,19). The zero-order chi connectivity index (χ0) is 14.8. The molecule has 0 unspecified atom stereocenters. The van der Waals surface area contributed by atoms with E-state index in [-0.39, 0.29) is 0 Å². The lowest BCUT2D eigenvalue weighted by molar-refractivity contribution is 0.0738. The largest absolute Gasteiger partial charge is 0.381 e. The van der Waals surface area contributed by atoms with Crippen LogP contribution in [0.25, 0.3) is 11.0 Å². The number of H-pyrrole nitrogens is 1. The van der Waals surface area contributed by atoms with Crippen LogP contribution in [0.5, 0.6) is 0 Å². The molecule has 2 aromatic heterocycles. The van der Waals surface area contributed by atoms with Gasteiger partial charge in [-0.05, 0) is 31.7 Å². The smallest absolute Gasteiger partial charge is 0.142 e. The van der Waals surface area contributed by atoms with E-state index in [0.717, 1.165) is 56.0 Å². The molecule has 0 atom stereocenters. The van der Waals surface area contributed by atoms with E-state index in [0.29, 0.717) is 12.1 Å².